The van der Waals surface area contributed by atoms with Crippen LogP contribution in [-0.4, -0.2) is 122 Å². The number of aromatic nitrogens is 6. The van der Waals surface area contributed by atoms with E-state index in [2.05, 4.69) is 55.7 Å². The Balaban J connectivity index is 0.000000221. The Labute approximate surface area is 285 Å². The Bertz CT molecular complexity index is 1240. The predicted octanol–water partition coefficient (Wildman–Crippen LogP) is 2.17. The molecule has 0 unspecified atom stereocenters. The van der Waals surface area contributed by atoms with Crippen molar-refractivity contribution >= 4 is 46.4 Å². The molecule has 5 N–H and O–H groups in total. The molecule has 3 fully saturated rings. The van der Waals surface area contributed by atoms with Gasteiger partial charge in [0.15, 0.2) is 44.3 Å². The number of halogens is 3. The van der Waals surface area contributed by atoms with Crippen molar-refractivity contribution in [3.8, 4) is 17.2 Å². The van der Waals surface area contributed by atoms with E-state index in [1.165, 1.54) is 52.1 Å². The molecule has 6 heterocycles. The zero-order valence-electron chi connectivity index (χ0n) is 26.4. The van der Waals surface area contributed by atoms with E-state index in [1.54, 1.807) is 26.7 Å². The highest BCUT2D eigenvalue weighted by Crippen LogP contribution is 2.31. The highest BCUT2D eigenvalue weighted by atomic mass is 35.5. The van der Waals surface area contributed by atoms with Crippen LogP contribution in [0.3, 0.4) is 0 Å². The second-order valence-corrected chi connectivity index (χ2v) is 10.8. The van der Waals surface area contributed by atoms with Crippen LogP contribution in [0, 0.1) is 0 Å². The second kappa shape index (κ2) is 22.5. The SMILES string of the molecule is C1CCNCC1.COc1c(Cl)ncnc1Cl.COc1c(Cl)ncnc1N1CCNCC1.COc1cncnc1N1CCNCC1.O. The lowest BCUT2D eigenvalue weighted by Crippen LogP contribution is -2.44. The van der Waals surface area contributed by atoms with Crippen molar-refractivity contribution in [2.45, 2.75) is 19.3 Å². The Kier molecular flexibility index (Phi) is 19.1. The van der Waals surface area contributed by atoms with Crippen molar-refractivity contribution in [1.82, 2.24) is 45.9 Å². The fraction of sp³-hybridized carbons (Fsp3) is 0.571. The maximum absolute atomic E-state index is 5.93. The normalized spacial score (nSPS) is 15.7. The number of methoxy groups -OCH3 is 3. The van der Waals surface area contributed by atoms with Gasteiger partial charge in [-0.1, -0.05) is 41.2 Å². The number of ether oxygens (including phenoxy) is 3. The summed E-state index contributed by atoms with van der Waals surface area (Å²) in [6, 6.07) is 0. The van der Waals surface area contributed by atoms with Crippen molar-refractivity contribution in [2.24, 2.45) is 0 Å². The Morgan fingerprint density at radius 2 is 1.02 bits per heavy atom. The summed E-state index contributed by atoms with van der Waals surface area (Å²) in [5, 5.41) is 10.7. The van der Waals surface area contributed by atoms with Gasteiger partial charge < -0.3 is 45.4 Å². The molecule has 0 bridgehead atoms. The largest absolute Gasteiger partial charge is 0.491 e. The van der Waals surface area contributed by atoms with Crippen LogP contribution in [0.25, 0.3) is 0 Å². The minimum absolute atomic E-state index is 0. The number of anilines is 2. The highest BCUT2D eigenvalue weighted by Gasteiger charge is 2.19. The number of hydrogen-bond donors (Lipinski definition) is 3. The monoisotopic (exact) mass is 703 g/mol. The minimum Gasteiger partial charge on any atom is -0.491 e. The molecule has 6 rings (SSSR count). The lowest BCUT2D eigenvalue weighted by atomic mass is 10.2. The maximum Gasteiger partial charge on any atom is 0.199 e. The molecule has 3 aromatic rings. The van der Waals surface area contributed by atoms with Gasteiger partial charge in [0.1, 0.15) is 19.0 Å². The molecule has 3 aromatic heterocycles. The van der Waals surface area contributed by atoms with E-state index in [4.69, 9.17) is 49.0 Å². The summed E-state index contributed by atoms with van der Waals surface area (Å²) in [5.41, 5.74) is 0. The molecular formula is C28H44Cl3N11O4. The van der Waals surface area contributed by atoms with Crippen molar-refractivity contribution < 1.29 is 19.7 Å². The zero-order valence-corrected chi connectivity index (χ0v) is 28.7. The molecule has 0 saturated carbocycles. The molecule has 3 aliphatic heterocycles. The van der Waals surface area contributed by atoms with Gasteiger partial charge in [0.25, 0.3) is 0 Å². The van der Waals surface area contributed by atoms with E-state index in [9.17, 15) is 0 Å². The van der Waals surface area contributed by atoms with Crippen LogP contribution in [0.5, 0.6) is 17.2 Å². The van der Waals surface area contributed by atoms with Crippen LogP contribution in [0.2, 0.25) is 15.5 Å². The summed E-state index contributed by atoms with van der Waals surface area (Å²) in [7, 11) is 4.68. The smallest absolute Gasteiger partial charge is 0.199 e. The van der Waals surface area contributed by atoms with Crippen molar-refractivity contribution in [3.63, 3.8) is 0 Å². The molecule has 0 atom stereocenters. The van der Waals surface area contributed by atoms with Gasteiger partial charge in [-0.25, -0.2) is 29.9 Å². The third kappa shape index (κ3) is 12.6. The van der Waals surface area contributed by atoms with E-state index in [1.807, 2.05) is 0 Å². The third-order valence-electron chi connectivity index (χ3n) is 6.79. The van der Waals surface area contributed by atoms with Gasteiger partial charge in [-0.2, -0.15) is 0 Å². The van der Waals surface area contributed by atoms with Gasteiger partial charge in [0.2, 0.25) is 0 Å². The number of piperazine rings is 2. The molecule has 0 radical (unpaired) electrons. The summed E-state index contributed by atoms with van der Waals surface area (Å²) >= 11 is 17.1. The van der Waals surface area contributed by atoms with Crippen LogP contribution in [0.15, 0.2) is 25.2 Å². The van der Waals surface area contributed by atoms with Gasteiger partial charge in [-0.05, 0) is 25.9 Å². The van der Waals surface area contributed by atoms with Crippen LogP contribution >= 0.6 is 34.8 Å². The molecular weight excluding hydrogens is 661 g/mol. The Morgan fingerprint density at radius 3 is 1.46 bits per heavy atom. The number of nitrogens with one attached hydrogen (secondary N) is 3. The summed E-state index contributed by atoms with van der Waals surface area (Å²) in [6.07, 6.45) is 10.2. The maximum atomic E-state index is 5.93. The minimum atomic E-state index is 0. The summed E-state index contributed by atoms with van der Waals surface area (Å²) in [4.78, 5) is 27.9. The van der Waals surface area contributed by atoms with E-state index >= 15 is 0 Å². The molecule has 0 amide bonds. The van der Waals surface area contributed by atoms with E-state index < -0.39 is 0 Å². The first kappa shape index (κ1) is 39.1. The van der Waals surface area contributed by atoms with Crippen LogP contribution in [-0.2, 0) is 0 Å². The number of hydrogen-bond acceptors (Lipinski definition) is 14. The average molecular weight is 705 g/mol. The Hall–Kier alpha value is -3.05. The van der Waals surface area contributed by atoms with Gasteiger partial charge in [0, 0.05) is 52.4 Å². The van der Waals surface area contributed by atoms with Crippen LogP contribution in [0.1, 0.15) is 19.3 Å². The molecule has 46 heavy (non-hydrogen) atoms. The van der Waals surface area contributed by atoms with Crippen molar-refractivity contribution in [3.05, 3.63) is 40.6 Å². The van der Waals surface area contributed by atoms with E-state index in [0.717, 1.165) is 69.7 Å². The molecule has 3 aliphatic rings. The van der Waals surface area contributed by atoms with Crippen molar-refractivity contribution in [1.29, 1.82) is 0 Å². The standard InChI is InChI=1S/C9H13ClN4O.C9H14N4O.C5H4Cl2N2O.C5H11N.H2O/c1-15-7-8(10)12-6-13-9(7)14-4-2-11-3-5-14;1-14-8-6-11-7-12-9(8)13-4-2-10-3-5-13;1-10-3-4(6)8-2-9-5(3)7;1-2-4-6-5-3-1;/h6,11H,2-5H2,1H3;6-7,10H,2-5H2,1H3;2H,1H3;6H,1-5H2;1H2. The molecule has 0 spiro atoms. The number of piperidine rings is 1. The topological polar surface area (TPSA) is 179 Å². The summed E-state index contributed by atoms with van der Waals surface area (Å²) in [5.74, 6) is 3.28. The summed E-state index contributed by atoms with van der Waals surface area (Å²) < 4.78 is 15.2. The van der Waals surface area contributed by atoms with E-state index in [-0.39, 0.29) is 15.8 Å². The Morgan fingerprint density at radius 1 is 0.565 bits per heavy atom. The fourth-order valence-electron chi connectivity index (χ4n) is 4.49. The average Bonchev–Trinajstić information content (AvgIpc) is 3.10. The summed E-state index contributed by atoms with van der Waals surface area (Å²) in [6.45, 7) is 10.1. The molecule has 18 heteroatoms. The second-order valence-electron chi connectivity index (χ2n) is 9.71. The van der Waals surface area contributed by atoms with Crippen LogP contribution in [0.4, 0.5) is 11.6 Å². The van der Waals surface area contributed by atoms with Gasteiger partial charge in [0.05, 0.1) is 27.5 Å². The lowest BCUT2D eigenvalue weighted by Gasteiger charge is -2.29. The zero-order chi connectivity index (χ0) is 32.3. The van der Waals surface area contributed by atoms with Gasteiger partial charge >= 0.3 is 0 Å². The van der Waals surface area contributed by atoms with E-state index in [0.29, 0.717) is 16.7 Å². The number of nitrogens with zero attached hydrogens (tertiary/aromatic N) is 8. The molecule has 256 valence electrons. The molecule has 0 aromatic carbocycles. The highest BCUT2D eigenvalue weighted by molar-refractivity contribution is 6.35. The quantitative estimate of drug-likeness (QED) is 0.329. The third-order valence-corrected chi connectivity index (χ3v) is 7.59. The molecule has 3 saturated heterocycles. The van der Waals surface area contributed by atoms with Crippen molar-refractivity contribution in [2.75, 3.05) is 96.6 Å². The molecule has 15 nitrogen and oxygen atoms in total. The first-order valence-corrected chi connectivity index (χ1v) is 15.8. The van der Waals surface area contributed by atoms with Crippen LogP contribution < -0.4 is 40.0 Å². The van der Waals surface area contributed by atoms with Gasteiger partial charge in [-0.15, -0.1) is 0 Å². The number of rotatable bonds is 5. The van der Waals surface area contributed by atoms with Gasteiger partial charge in [-0.3, -0.25) is 0 Å². The molecule has 0 aliphatic carbocycles. The lowest BCUT2D eigenvalue weighted by molar-refractivity contribution is 0.408. The first-order chi connectivity index (χ1) is 22.0. The predicted molar refractivity (Wildman–Crippen MR) is 181 cm³/mol. The fourth-order valence-corrected chi connectivity index (χ4v) is 5.17. The first-order valence-electron chi connectivity index (χ1n) is 14.7.